The molecule has 0 fully saturated rings. The summed E-state index contributed by atoms with van der Waals surface area (Å²) in [5.41, 5.74) is 1.49. The molecular weight excluding hydrogens is 354 g/mol. The van der Waals surface area contributed by atoms with Gasteiger partial charge in [-0.15, -0.1) is 0 Å². The number of methoxy groups -OCH3 is 1. The van der Waals surface area contributed by atoms with Crippen molar-refractivity contribution in [1.29, 1.82) is 0 Å². The number of ether oxygens (including phenoxy) is 3. The maximum atomic E-state index is 12.5. The van der Waals surface area contributed by atoms with Crippen LogP contribution in [0.1, 0.15) is 25.5 Å². The third-order valence-corrected chi connectivity index (χ3v) is 3.72. The molecule has 0 radical (unpaired) electrons. The van der Waals surface area contributed by atoms with Gasteiger partial charge in [-0.25, -0.2) is 4.79 Å². The van der Waals surface area contributed by atoms with Gasteiger partial charge in [0.1, 0.15) is 0 Å². The zero-order valence-corrected chi connectivity index (χ0v) is 14.7. The third kappa shape index (κ3) is 4.36. The molecule has 0 aliphatic carbocycles. The molecule has 0 saturated carbocycles. The van der Waals surface area contributed by atoms with Crippen molar-refractivity contribution in [3.05, 3.63) is 35.0 Å². The number of halogens is 2. The second-order valence-corrected chi connectivity index (χ2v) is 5.49. The minimum Gasteiger partial charge on any atom is -0.493 e. The minimum absolute atomic E-state index is 0.101. The van der Waals surface area contributed by atoms with Crippen LogP contribution in [-0.4, -0.2) is 31.4 Å². The lowest BCUT2D eigenvalue weighted by atomic mass is 9.95. The summed E-state index contributed by atoms with van der Waals surface area (Å²) >= 11 is 5.14. The summed E-state index contributed by atoms with van der Waals surface area (Å²) < 4.78 is 39.5. The van der Waals surface area contributed by atoms with Gasteiger partial charge in [-0.3, -0.25) is 0 Å². The molecule has 2 N–H and O–H groups in total. The maximum Gasteiger partial charge on any atom is 0.387 e. The number of carbonyl (C=O) groups excluding carboxylic acids is 1. The first-order valence-corrected chi connectivity index (χ1v) is 7.86. The minimum atomic E-state index is -2.97. The number of nitrogens with one attached hydrogen (secondary N) is 2. The molecule has 6 nitrogen and oxygen atoms in total. The molecule has 136 valence electrons. The highest BCUT2D eigenvalue weighted by molar-refractivity contribution is 7.80. The SMILES string of the molecule is CCOC(=O)C1=C(C)NC(=S)NC1c1ccc(OC(F)F)c(OC)c1. The monoisotopic (exact) mass is 372 g/mol. The molecule has 1 aliphatic rings. The zero-order chi connectivity index (χ0) is 18.6. The number of hydrogen-bond donors (Lipinski definition) is 2. The smallest absolute Gasteiger partial charge is 0.387 e. The molecule has 1 aromatic rings. The number of rotatable bonds is 6. The fourth-order valence-corrected chi connectivity index (χ4v) is 2.75. The number of esters is 1. The number of carbonyl (C=O) groups is 1. The van der Waals surface area contributed by atoms with Crippen molar-refractivity contribution in [3.63, 3.8) is 0 Å². The van der Waals surface area contributed by atoms with Crippen molar-refractivity contribution in [2.45, 2.75) is 26.5 Å². The number of hydrogen-bond acceptors (Lipinski definition) is 5. The number of thiocarbonyl (C=S) groups is 1. The average molecular weight is 372 g/mol. The highest BCUT2D eigenvalue weighted by atomic mass is 32.1. The summed E-state index contributed by atoms with van der Waals surface area (Å²) in [6.07, 6.45) is 0. The van der Waals surface area contributed by atoms with E-state index < -0.39 is 18.6 Å². The van der Waals surface area contributed by atoms with Gasteiger partial charge in [0, 0.05) is 5.70 Å². The molecule has 1 aromatic carbocycles. The fourth-order valence-electron chi connectivity index (χ4n) is 2.48. The summed E-state index contributed by atoms with van der Waals surface area (Å²) in [6.45, 7) is 0.660. The quantitative estimate of drug-likeness (QED) is 0.588. The molecule has 9 heteroatoms. The molecule has 0 bridgehead atoms. The van der Waals surface area contributed by atoms with E-state index in [-0.39, 0.29) is 18.1 Å². The van der Waals surface area contributed by atoms with E-state index in [0.29, 0.717) is 21.9 Å². The van der Waals surface area contributed by atoms with Crippen LogP contribution in [0.4, 0.5) is 8.78 Å². The van der Waals surface area contributed by atoms with Gasteiger partial charge in [0.05, 0.1) is 25.3 Å². The first-order valence-electron chi connectivity index (χ1n) is 7.45. The van der Waals surface area contributed by atoms with E-state index in [2.05, 4.69) is 15.4 Å². The van der Waals surface area contributed by atoms with E-state index in [1.54, 1.807) is 19.9 Å². The predicted molar refractivity (Wildman–Crippen MR) is 90.6 cm³/mol. The van der Waals surface area contributed by atoms with Gasteiger partial charge in [0.25, 0.3) is 0 Å². The van der Waals surface area contributed by atoms with E-state index in [4.69, 9.17) is 21.7 Å². The van der Waals surface area contributed by atoms with Gasteiger partial charge in [0.15, 0.2) is 16.6 Å². The van der Waals surface area contributed by atoms with Gasteiger partial charge in [0.2, 0.25) is 0 Å². The standard InChI is InChI=1S/C16H18F2N2O4S/c1-4-23-14(21)12-8(2)19-16(25)20-13(12)9-5-6-10(24-15(17)18)11(7-9)22-3/h5-7,13,15H,4H2,1-3H3,(H2,19,20,25). The van der Waals surface area contributed by atoms with Gasteiger partial charge in [-0.1, -0.05) is 6.07 Å². The summed E-state index contributed by atoms with van der Waals surface area (Å²) in [5, 5.41) is 6.20. The van der Waals surface area contributed by atoms with Crippen LogP contribution in [-0.2, 0) is 9.53 Å². The van der Waals surface area contributed by atoms with Crippen LogP contribution in [0.15, 0.2) is 29.5 Å². The van der Waals surface area contributed by atoms with Crippen molar-refractivity contribution in [3.8, 4) is 11.5 Å². The summed E-state index contributed by atoms with van der Waals surface area (Å²) in [5.74, 6) is -0.486. The average Bonchev–Trinajstić information content (AvgIpc) is 2.54. The predicted octanol–water partition coefficient (Wildman–Crippen LogP) is 2.65. The van der Waals surface area contributed by atoms with Crippen LogP contribution in [0.3, 0.4) is 0 Å². The molecule has 0 spiro atoms. The Balaban J connectivity index is 2.44. The Morgan fingerprint density at radius 3 is 2.68 bits per heavy atom. The van der Waals surface area contributed by atoms with Gasteiger partial charge in [-0.05, 0) is 43.8 Å². The van der Waals surface area contributed by atoms with Crippen molar-refractivity contribution in [2.24, 2.45) is 0 Å². The van der Waals surface area contributed by atoms with Crippen molar-refractivity contribution in [1.82, 2.24) is 10.6 Å². The summed E-state index contributed by atoms with van der Waals surface area (Å²) in [7, 11) is 1.34. The first-order chi connectivity index (χ1) is 11.9. The van der Waals surface area contributed by atoms with Crippen LogP contribution in [0, 0.1) is 0 Å². The number of alkyl halides is 2. The van der Waals surface area contributed by atoms with Gasteiger partial charge < -0.3 is 24.8 Å². The van der Waals surface area contributed by atoms with Crippen molar-refractivity contribution >= 4 is 23.3 Å². The molecule has 0 amide bonds. The normalized spacial score (nSPS) is 17.0. The topological polar surface area (TPSA) is 68.8 Å². The third-order valence-electron chi connectivity index (χ3n) is 3.50. The van der Waals surface area contributed by atoms with Crippen LogP contribution in [0.2, 0.25) is 0 Å². The Morgan fingerprint density at radius 1 is 1.36 bits per heavy atom. The number of allylic oxidation sites excluding steroid dienone is 1. The molecule has 1 aliphatic heterocycles. The zero-order valence-electron chi connectivity index (χ0n) is 13.9. The second-order valence-electron chi connectivity index (χ2n) is 5.08. The summed E-state index contributed by atoms with van der Waals surface area (Å²) in [6, 6.07) is 3.81. The number of benzene rings is 1. The lowest BCUT2D eigenvalue weighted by molar-refractivity contribution is -0.139. The molecule has 0 saturated heterocycles. The Morgan fingerprint density at radius 2 is 2.08 bits per heavy atom. The highest BCUT2D eigenvalue weighted by Crippen LogP contribution is 2.35. The van der Waals surface area contributed by atoms with Gasteiger partial charge in [-0.2, -0.15) is 8.78 Å². The molecular formula is C16H18F2N2O4S. The Kier molecular flexibility index (Phi) is 6.13. The van der Waals surface area contributed by atoms with E-state index in [1.807, 2.05) is 0 Å². The van der Waals surface area contributed by atoms with E-state index in [0.717, 1.165) is 0 Å². The second kappa shape index (κ2) is 8.11. The van der Waals surface area contributed by atoms with Crippen LogP contribution in [0.25, 0.3) is 0 Å². The Bertz CT molecular complexity index is 709. The van der Waals surface area contributed by atoms with Crippen LogP contribution >= 0.6 is 12.2 Å². The Hall–Kier alpha value is -2.42. The van der Waals surface area contributed by atoms with Crippen molar-refractivity contribution in [2.75, 3.05) is 13.7 Å². The molecule has 25 heavy (non-hydrogen) atoms. The highest BCUT2D eigenvalue weighted by Gasteiger charge is 2.31. The lowest BCUT2D eigenvalue weighted by Gasteiger charge is -2.30. The molecule has 1 heterocycles. The van der Waals surface area contributed by atoms with Crippen LogP contribution < -0.4 is 20.1 Å². The molecule has 1 unspecified atom stereocenters. The molecule has 1 atom stereocenters. The first kappa shape index (κ1) is 18.9. The Labute approximate surface area is 149 Å². The fraction of sp³-hybridized carbons (Fsp3) is 0.375. The molecule has 0 aromatic heterocycles. The van der Waals surface area contributed by atoms with E-state index >= 15 is 0 Å². The van der Waals surface area contributed by atoms with Crippen molar-refractivity contribution < 1.29 is 27.8 Å². The van der Waals surface area contributed by atoms with Crippen LogP contribution in [0.5, 0.6) is 11.5 Å². The lowest BCUT2D eigenvalue weighted by Crippen LogP contribution is -2.45. The largest absolute Gasteiger partial charge is 0.493 e. The van der Waals surface area contributed by atoms with Gasteiger partial charge >= 0.3 is 12.6 Å². The summed E-state index contributed by atoms with van der Waals surface area (Å²) in [4.78, 5) is 12.3. The van der Waals surface area contributed by atoms with E-state index in [1.165, 1.54) is 19.2 Å². The molecule has 2 rings (SSSR count). The maximum absolute atomic E-state index is 12.5. The van der Waals surface area contributed by atoms with E-state index in [9.17, 15) is 13.6 Å².